The Balaban J connectivity index is 2.26. The van der Waals surface area contributed by atoms with Crippen molar-refractivity contribution >= 4 is 27.5 Å². The van der Waals surface area contributed by atoms with Gasteiger partial charge in [0.25, 0.3) is 5.91 Å². The second kappa shape index (κ2) is 6.83. The van der Waals surface area contributed by atoms with Gasteiger partial charge in [0.2, 0.25) is 0 Å². The molecule has 0 heterocycles. The van der Waals surface area contributed by atoms with Crippen molar-refractivity contribution in [2.45, 2.75) is 6.54 Å². The van der Waals surface area contributed by atoms with E-state index in [1.54, 1.807) is 6.07 Å². The van der Waals surface area contributed by atoms with Crippen molar-refractivity contribution in [1.29, 1.82) is 0 Å². The van der Waals surface area contributed by atoms with Crippen molar-refractivity contribution in [2.75, 3.05) is 19.4 Å². The molecule has 21 heavy (non-hydrogen) atoms. The molecule has 0 spiro atoms. The van der Waals surface area contributed by atoms with Crippen molar-refractivity contribution in [3.63, 3.8) is 0 Å². The van der Waals surface area contributed by atoms with E-state index in [1.165, 1.54) is 12.1 Å². The van der Waals surface area contributed by atoms with Gasteiger partial charge in [0.1, 0.15) is 5.82 Å². The normalized spacial score (nSPS) is 10.7. The lowest BCUT2D eigenvalue weighted by Gasteiger charge is -2.15. The molecule has 0 aliphatic heterocycles. The highest BCUT2D eigenvalue weighted by Gasteiger charge is 2.14. The maximum Gasteiger partial charge on any atom is 0.256 e. The highest BCUT2D eigenvalue weighted by atomic mass is 79.9. The minimum absolute atomic E-state index is 0.174. The number of hydrogen-bond donors (Lipinski definition) is 1. The lowest BCUT2D eigenvalue weighted by atomic mass is 10.1. The molecular weight excluding hydrogens is 335 g/mol. The molecule has 0 bridgehead atoms. The lowest BCUT2D eigenvalue weighted by Crippen LogP contribution is -2.17. The van der Waals surface area contributed by atoms with E-state index in [-0.39, 0.29) is 15.9 Å². The van der Waals surface area contributed by atoms with Gasteiger partial charge in [-0.15, -0.1) is 0 Å². The number of carbonyl (C=O) groups excluding carboxylic acids is 1. The number of nitrogens with one attached hydrogen (secondary N) is 1. The number of rotatable bonds is 4. The lowest BCUT2D eigenvalue weighted by molar-refractivity contribution is 0.102. The Bertz CT molecular complexity index is 658. The third-order valence-electron chi connectivity index (χ3n) is 2.95. The SMILES string of the molecule is CN(C)Cc1ccccc1NC(=O)c1cccc(F)c1Br. The summed E-state index contributed by atoms with van der Waals surface area (Å²) >= 11 is 3.11. The van der Waals surface area contributed by atoms with E-state index >= 15 is 0 Å². The molecule has 0 aliphatic rings. The average molecular weight is 351 g/mol. The van der Waals surface area contributed by atoms with Gasteiger partial charge in [-0.3, -0.25) is 4.79 Å². The van der Waals surface area contributed by atoms with E-state index < -0.39 is 5.82 Å². The fraction of sp³-hybridized carbons (Fsp3) is 0.188. The molecule has 0 aromatic heterocycles. The Morgan fingerprint density at radius 3 is 2.62 bits per heavy atom. The van der Waals surface area contributed by atoms with Gasteiger partial charge in [-0.1, -0.05) is 24.3 Å². The Morgan fingerprint density at radius 1 is 1.19 bits per heavy atom. The standard InChI is InChI=1S/C16H16BrFN2O/c1-20(2)10-11-6-3-4-9-14(11)19-16(21)12-7-5-8-13(18)15(12)17/h3-9H,10H2,1-2H3,(H,19,21). The molecule has 1 amide bonds. The van der Waals surface area contributed by atoms with Crippen molar-refractivity contribution < 1.29 is 9.18 Å². The molecular formula is C16H16BrFN2O. The van der Waals surface area contributed by atoms with Crippen molar-refractivity contribution in [3.8, 4) is 0 Å². The first-order valence-corrected chi connectivity index (χ1v) is 7.26. The van der Waals surface area contributed by atoms with Crippen LogP contribution in [0.3, 0.4) is 0 Å². The monoisotopic (exact) mass is 350 g/mol. The van der Waals surface area contributed by atoms with E-state index in [9.17, 15) is 9.18 Å². The molecule has 1 N–H and O–H groups in total. The molecule has 0 aliphatic carbocycles. The van der Waals surface area contributed by atoms with Crippen LogP contribution in [-0.2, 0) is 6.54 Å². The van der Waals surface area contributed by atoms with Gasteiger partial charge in [0, 0.05) is 12.2 Å². The molecule has 0 saturated heterocycles. The molecule has 2 aromatic carbocycles. The summed E-state index contributed by atoms with van der Waals surface area (Å²) in [5.74, 6) is -0.795. The van der Waals surface area contributed by atoms with Gasteiger partial charge in [0.05, 0.1) is 10.0 Å². The van der Waals surface area contributed by atoms with Gasteiger partial charge in [-0.2, -0.15) is 0 Å². The first-order valence-electron chi connectivity index (χ1n) is 6.47. The van der Waals surface area contributed by atoms with E-state index in [0.29, 0.717) is 6.54 Å². The van der Waals surface area contributed by atoms with Crippen LogP contribution in [0.1, 0.15) is 15.9 Å². The van der Waals surface area contributed by atoms with Crippen molar-refractivity contribution in [3.05, 3.63) is 63.9 Å². The smallest absolute Gasteiger partial charge is 0.256 e. The zero-order valence-corrected chi connectivity index (χ0v) is 13.4. The largest absolute Gasteiger partial charge is 0.322 e. The summed E-state index contributed by atoms with van der Waals surface area (Å²) < 4.78 is 13.7. The molecule has 110 valence electrons. The summed E-state index contributed by atoms with van der Waals surface area (Å²) in [6, 6.07) is 12.0. The van der Waals surface area contributed by atoms with Crippen LogP contribution in [0.2, 0.25) is 0 Å². The van der Waals surface area contributed by atoms with Gasteiger partial charge in [-0.05, 0) is 53.8 Å². The number of anilines is 1. The van der Waals surface area contributed by atoms with E-state index in [1.807, 2.05) is 43.3 Å². The molecule has 3 nitrogen and oxygen atoms in total. The summed E-state index contributed by atoms with van der Waals surface area (Å²) in [5.41, 5.74) is 2.00. The van der Waals surface area contributed by atoms with Gasteiger partial charge < -0.3 is 10.2 Å². The second-order valence-electron chi connectivity index (χ2n) is 4.95. The Morgan fingerprint density at radius 2 is 1.90 bits per heavy atom. The molecule has 2 rings (SSSR count). The van der Waals surface area contributed by atoms with Gasteiger partial charge in [-0.25, -0.2) is 4.39 Å². The topological polar surface area (TPSA) is 32.3 Å². The molecule has 0 radical (unpaired) electrons. The Hall–Kier alpha value is -1.72. The highest BCUT2D eigenvalue weighted by molar-refractivity contribution is 9.10. The molecule has 0 saturated carbocycles. The summed E-state index contributed by atoms with van der Waals surface area (Å²) in [7, 11) is 3.92. The number of hydrogen-bond acceptors (Lipinski definition) is 2. The zero-order valence-electron chi connectivity index (χ0n) is 11.9. The van der Waals surface area contributed by atoms with Crippen LogP contribution in [0.4, 0.5) is 10.1 Å². The number of benzene rings is 2. The minimum Gasteiger partial charge on any atom is -0.322 e. The highest BCUT2D eigenvalue weighted by Crippen LogP contribution is 2.23. The molecule has 0 unspecified atom stereocenters. The number of halogens is 2. The second-order valence-corrected chi connectivity index (χ2v) is 5.74. The quantitative estimate of drug-likeness (QED) is 0.906. The van der Waals surface area contributed by atoms with Crippen LogP contribution in [0.15, 0.2) is 46.9 Å². The first kappa shape index (κ1) is 15.7. The van der Waals surface area contributed by atoms with Crippen LogP contribution >= 0.6 is 15.9 Å². The van der Waals surface area contributed by atoms with Crippen LogP contribution in [0.25, 0.3) is 0 Å². The molecule has 0 fully saturated rings. The first-order chi connectivity index (χ1) is 9.99. The van der Waals surface area contributed by atoms with Crippen LogP contribution in [0.5, 0.6) is 0 Å². The van der Waals surface area contributed by atoms with Gasteiger partial charge in [0.15, 0.2) is 0 Å². The van der Waals surface area contributed by atoms with Crippen LogP contribution in [-0.4, -0.2) is 24.9 Å². The van der Waals surface area contributed by atoms with Gasteiger partial charge >= 0.3 is 0 Å². The number of nitrogens with zero attached hydrogens (tertiary/aromatic N) is 1. The number of carbonyl (C=O) groups is 1. The summed E-state index contributed by atoms with van der Waals surface area (Å²) in [6.07, 6.45) is 0. The maximum absolute atomic E-state index is 13.5. The fourth-order valence-corrected chi connectivity index (χ4v) is 2.43. The van der Waals surface area contributed by atoms with E-state index in [2.05, 4.69) is 21.2 Å². The van der Waals surface area contributed by atoms with Crippen molar-refractivity contribution in [2.24, 2.45) is 0 Å². The fourth-order valence-electron chi connectivity index (χ4n) is 1.99. The predicted octanol–water partition coefficient (Wildman–Crippen LogP) is 3.90. The summed E-state index contributed by atoms with van der Waals surface area (Å²) in [5, 5.41) is 2.84. The molecule has 5 heteroatoms. The molecule has 2 aromatic rings. The van der Waals surface area contributed by atoms with Crippen molar-refractivity contribution in [1.82, 2.24) is 4.90 Å². The third kappa shape index (κ3) is 3.89. The predicted molar refractivity (Wildman–Crippen MR) is 85.9 cm³/mol. The van der Waals surface area contributed by atoms with E-state index in [4.69, 9.17) is 0 Å². The summed E-state index contributed by atoms with van der Waals surface area (Å²) in [6.45, 7) is 0.709. The van der Waals surface area contributed by atoms with Crippen LogP contribution in [0, 0.1) is 5.82 Å². The van der Waals surface area contributed by atoms with E-state index in [0.717, 1.165) is 11.3 Å². The number of amides is 1. The molecule has 0 atom stereocenters. The Kier molecular flexibility index (Phi) is 5.09. The third-order valence-corrected chi connectivity index (χ3v) is 3.75. The minimum atomic E-state index is -0.454. The Labute approximate surface area is 131 Å². The number of para-hydroxylation sites is 1. The maximum atomic E-state index is 13.5. The zero-order chi connectivity index (χ0) is 15.4. The van der Waals surface area contributed by atoms with Crippen LogP contribution < -0.4 is 5.32 Å². The average Bonchev–Trinajstić information content (AvgIpc) is 2.43. The summed E-state index contributed by atoms with van der Waals surface area (Å²) in [4.78, 5) is 14.3.